The van der Waals surface area contributed by atoms with E-state index in [1.807, 2.05) is 6.26 Å². The Labute approximate surface area is 67.5 Å². The highest BCUT2D eigenvalue weighted by atomic mass is 32.2. The lowest BCUT2D eigenvalue weighted by atomic mass is 10.6. The van der Waals surface area contributed by atoms with E-state index in [9.17, 15) is 0 Å². The largest absolute Gasteiger partial charge is 0.337 e. The van der Waals surface area contributed by atoms with Gasteiger partial charge in [0.25, 0.3) is 12.0 Å². The van der Waals surface area contributed by atoms with Gasteiger partial charge in [-0.25, -0.2) is 4.98 Å². The summed E-state index contributed by atoms with van der Waals surface area (Å²) >= 11 is 1.64. The summed E-state index contributed by atoms with van der Waals surface area (Å²) < 4.78 is 0. The van der Waals surface area contributed by atoms with Crippen molar-refractivity contribution in [1.82, 2.24) is 15.0 Å². The monoisotopic (exact) mass is 167 g/mol. The molecule has 0 bridgehead atoms. The van der Waals surface area contributed by atoms with Crippen LogP contribution in [0.4, 0.5) is 0 Å². The summed E-state index contributed by atoms with van der Waals surface area (Å²) in [5.41, 5.74) is 1.73. The molecule has 0 aliphatic carbocycles. The lowest BCUT2D eigenvalue weighted by Gasteiger charge is -1.87. The van der Waals surface area contributed by atoms with Gasteiger partial charge >= 0.3 is 0 Å². The molecule has 2 heterocycles. The second kappa shape index (κ2) is 2.50. The second-order valence-corrected chi connectivity index (χ2v) is 2.85. The van der Waals surface area contributed by atoms with Crippen LogP contribution in [-0.4, -0.2) is 21.2 Å². The fourth-order valence-corrected chi connectivity index (χ4v) is 1.46. The number of hydrogen-bond donors (Lipinski definition) is 1. The first kappa shape index (κ1) is 6.60. The molecule has 0 amide bonds. The number of rotatable bonds is 1. The van der Waals surface area contributed by atoms with Crippen molar-refractivity contribution in [2.45, 2.75) is 5.03 Å². The number of thioether (sulfide) groups is 1. The van der Waals surface area contributed by atoms with E-state index in [1.54, 1.807) is 24.4 Å². The van der Waals surface area contributed by atoms with Crippen LogP contribution in [0.15, 0.2) is 17.7 Å². The molecule has 0 aliphatic rings. The van der Waals surface area contributed by atoms with Crippen molar-refractivity contribution < 1.29 is 4.98 Å². The summed E-state index contributed by atoms with van der Waals surface area (Å²) in [5.74, 6) is 0. The van der Waals surface area contributed by atoms with Crippen LogP contribution in [0.5, 0.6) is 0 Å². The average molecular weight is 167 g/mol. The Morgan fingerprint density at radius 2 is 2.45 bits per heavy atom. The highest BCUT2D eigenvalue weighted by Crippen LogP contribution is 2.15. The Morgan fingerprint density at radius 3 is 3.27 bits per heavy atom. The van der Waals surface area contributed by atoms with Crippen LogP contribution in [0.2, 0.25) is 0 Å². The summed E-state index contributed by atoms with van der Waals surface area (Å²) in [7, 11) is 0. The van der Waals surface area contributed by atoms with Crippen molar-refractivity contribution in [2.75, 3.05) is 6.26 Å². The Balaban J connectivity index is 2.79. The molecule has 2 rings (SSSR count). The minimum absolute atomic E-state index is 0.758. The fraction of sp³-hybridized carbons (Fsp3) is 0.167. The van der Waals surface area contributed by atoms with Crippen LogP contribution in [0.25, 0.3) is 11.2 Å². The first-order valence-corrected chi connectivity index (χ1v) is 4.38. The Bertz CT molecular complexity index is 369. The van der Waals surface area contributed by atoms with E-state index in [4.69, 9.17) is 0 Å². The molecule has 0 fully saturated rings. The Kier molecular flexibility index (Phi) is 1.50. The summed E-state index contributed by atoms with van der Waals surface area (Å²) in [4.78, 5) is 14.1. The number of aromatic amines is 2. The minimum Gasteiger partial charge on any atom is -0.337 e. The lowest BCUT2D eigenvalue weighted by Crippen LogP contribution is -2.06. The lowest BCUT2D eigenvalue weighted by molar-refractivity contribution is -0.427. The molecule has 56 valence electrons. The van der Waals surface area contributed by atoms with Gasteiger partial charge in [-0.15, -0.1) is 0 Å². The number of imidazole rings is 1. The second-order valence-electron chi connectivity index (χ2n) is 2.04. The normalized spacial score (nSPS) is 10.6. The predicted molar refractivity (Wildman–Crippen MR) is 42.2 cm³/mol. The zero-order chi connectivity index (χ0) is 7.68. The maximum atomic E-state index is 4.04. The third-order valence-corrected chi connectivity index (χ3v) is 2.16. The van der Waals surface area contributed by atoms with Crippen molar-refractivity contribution in [1.29, 1.82) is 0 Å². The first-order valence-electron chi connectivity index (χ1n) is 3.15. The molecule has 0 atom stereocenters. The molecule has 0 aromatic carbocycles. The molecule has 0 unspecified atom stereocenters. The van der Waals surface area contributed by atoms with E-state index in [0.717, 1.165) is 16.2 Å². The topological polar surface area (TPSA) is 55.7 Å². The third kappa shape index (κ3) is 0.970. The van der Waals surface area contributed by atoms with Crippen molar-refractivity contribution in [2.24, 2.45) is 0 Å². The van der Waals surface area contributed by atoms with Gasteiger partial charge in [0.05, 0.1) is 6.33 Å². The van der Waals surface area contributed by atoms with Crippen molar-refractivity contribution in [3.05, 3.63) is 12.7 Å². The quantitative estimate of drug-likeness (QED) is 0.497. The third-order valence-electron chi connectivity index (χ3n) is 1.43. The van der Waals surface area contributed by atoms with Crippen molar-refractivity contribution >= 4 is 22.9 Å². The maximum Gasteiger partial charge on any atom is 0.296 e. The van der Waals surface area contributed by atoms with Crippen LogP contribution < -0.4 is 4.98 Å². The summed E-state index contributed by atoms with van der Waals surface area (Å²) in [6, 6.07) is 0. The van der Waals surface area contributed by atoms with Gasteiger partial charge in [-0.2, -0.15) is 4.98 Å². The van der Waals surface area contributed by atoms with Crippen molar-refractivity contribution in [3.63, 3.8) is 0 Å². The fourth-order valence-electron chi connectivity index (χ4n) is 0.937. The van der Waals surface area contributed by atoms with Crippen LogP contribution >= 0.6 is 11.8 Å². The summed E-state index contributed by atoms with van der Waals surface area (Å²) in [6.45, 7) is 0. The maximum absolute atomic E-state index is 4.04. The molecule has 5 heteroatoms. The zero-order valence-corrected chi connectivity index (χ0v) is 6.77. The Hall–Kier alpha value is -1.10. The van der Waals surface area contributed by atoms with Gasteiger partial charge in [0.1, 0.15) is 0 Å². The number of nitrogens with zero attached hydrogens (tertiary/aromatic N) is 2. The standard InChI is InChI=1S/C6H6N4S/c1-11-6-4-5(8-2-7-4)9-3-10-6/h2-3H,1H3,(H,7,8,9,10)/p+1. The number of fused-ring (bicyclic) bond motifs is 1. The molecule has 0 radical (unpaired) electrons. The van der Waals surface area contributed by atoms with Gasteiger partial charge in [-0.1, -0.05) is 11.8 Å². The number of aromatic nitrogens is 4. The smallest absolute Gasteiger partial charge is 0.296 e. The minimum atomic E-state index is 0.758. The van der Waals surface area contributed by atoms with Crippen LogP contribution in [0.1, 0.15) is 0 Å². The average Bonchev–Trinajstić information content (AvgIpc) is 2.50. The molecule has 0 saturated heterocycles. The predicted octanol–water partition coefficient (Wildman–Crippen LogP) is 0.494. The first-order chi connectivity index (χ1) is 5.42. The summed E-state index contributed by atoms with van der Waals surface area (Å²) in [6.07, 6.45) is 5.30. The van der Waals surface area contributed by atoms with Gasteiger partial charge in [0.2, 0.25) is 0 Å². The molecular formula is C6H7N4S+. The van der Waals surface area contributed by atoms with Crippen molar-refractivity contribution in [3.8, 4) is 0 Å². The van der Waals surface area contributed by atoms with E-state index >= 15 is 0 Å². The van der Waals surface area contributed by atoms with Crippen LogP contribution in [0.3, 0.4) is 0 Å². The highest BCUT2D eigenvalue weighted by molar-refractivity contribution is 7.98. The molecular weight excluding hydrogens is 160 g/mol. The molecule has 11 heavy (non-hydrogen) atoms. The number of nitrogens with one attached hydrogen (secondary N) is 2. The van der Waals surface area contributed by atoms with Crippen LogP contribution in [-0.2, 0) is 0 Å². The van der Waals surface area contributed by atoms with E-state index in [2.05, 4.69) is 19.9 Å². The van der Waals surface area contributed by atoms with Gasteiger partial charge < -0.3 is 4.98 Å². The van der Waals surface area contributed by atoms with E-state index < -0.39 is 0 Å². The molecule has 0 spiro atoms. The Morgan fingerprint density at radius 1 is 1.55 bits per heavy atom. The molecule has 0 aliphatic heterocycles. The molecule has 0 saturated carbocycles. The van der Waals surface area contributed by atoms with E-state index in [-0.39, 0.29) is 0 Å². The van der Waals surface area contributed by atoms with Crippen LogP contribution in [0, 0.1) is 0 Å². The zero-order valence-electron chi connectivity index (χ0n) is 5.96. The number of hydrogen-bond acceptors (Lipinski definition) is 3. The SMILES string of the molecule is CSc1[nH+]cnc2nc[nH]c12. The van der Waals surface area contributed by atoms with Gasteiger partial charge in [0, 0.05) is 0 Å². The van der Waals surface area contributed by atoms with E-state index in [0.29, 0.717) is 0 Å². The highest BCUT2D eigenvalue weighted by Gasteiger charge is 2.08. The van der Waals surface area contributed by atoms with Gasteiger partial charge in [-0.05, 0) is 11.2 Å². The van der Waals surface area contributed by atoms with Gasteiger partial charge in [-0.3, -0.25) is 0 Å². The molecule has 2 aromatic rings. The molecule has 4 nitrogen and oxygen atoms in total. The molecule has 2 N–H and O–H groups in total. The van der Waals surface area contributed by atoms with Gasteiger partial charge in [0.15, 0.2) is 10.5 Å². The number of H-pyrrole nitrogens is 2. The summed E-state index contributed by atoms with van der Waals surface area (Å²) in [5, 5.41) is 1.06. The van der Waals surface area contributed by atoms with E-state index in [1.165, 1.54) is 0 Å². The molecule has 2 aromatic heterocycles.